The average Bonchev–Trinajstić information content (AvgIpc) is 2.85. The zero-order chi connectivity index (χ0) is 23.0. The predicted molar refractivity (Wildman–Crippen MR) is 131 cm³/mol. The molecule has 33 heavy (non-hydrogen) atoms. The highest BCUT2D eigenvalue weighted by molar-refractivity contribution is 5.97. The zero-order valence-electron chi connectivity index (χ0n) is 17.9. The normalized spacial score (nSPS) is 10.4. The SMILES string of the molecule is C=CC(=O)NCCC(=O)Nc1ccc2ncnc(Nc3ccc(-c4ccccc4)cc3)c2c1. The highest BCUT2D eigenvalue weighted by Gasteiger charge is 2.08. The maximum absolute atomic E-state index is 12.2. The van der Waals surface area contributed by atoms with Gasteiger partial charge in [0.05, 0.1) is 5.52 Å². The van der Waals surface area contributed by atoms with Crippen molar-refractivity contribution in [1.29, 1.82) is 0 Å². The van der Waals surface area contributed by atoms with E-state index >= 15 is 0 Å². The van der Waals surface area contributed by atoms with Crippen molar-refractivity contribution < 1.29 is 9.59 Å². The van der Waals surface area contributed by atoms with Crippen molar-refractivity contribution in [3.05, 3.63) is 91.8 Å². The monoisotopic (exact) mass is 437 g/mol. The van der Waals surface area contributed by atoms with E-state index in [9.17, 15) is 9.59 Å². The third-order valence-electron chi connectivity index (χ3n) is 5.01. The highest BCUT2D eigenvalue weighted by Crippen LogP contribution is 2.27. The summed E-state index contributed by atoms with van der Waals surface area (Å²) in [6.45, 7) is 3.62. The standard InChI is InChI=1S/C26H23N5O2/c1-2-24(32)27-15-14-25(33)30-21-12-13-23-22(16-21)26(29-17-28-23)31-20-10-8-19(9-11-20)18-6-4-3-5-7-18/h2-13,16-17H,1,14-15H2,(H,27,32)(H,30,33)(H,28,29,31). The van der Waals surface area contributed by atoms with E-state index in [-0.39, 0.29) is 24.8 Å². The predicted octanol–water partition coefficient (Wildman–Crippen LogP) is 4.67. The fraction of sp³-hybridized carbons (Fsp3) is 0.0769. The van der Waals surface area contributed by atoms with Gasteiger partial charge in [0.25, 0.3) is 0 Å². The van der Waals surface area contributed by atoms with Crippen molar-refractivity contribution in [2.24, 2.45) is 0 Å². The van der Waals surface area contributed by atoms with Crippen molar-refractivity contribution >= 4 is 39.9 Å². The molecule has 0 fully saturated rings. The Labute approximate surface area is 191 Å². The third kappa shape index (κ3) is 5.59. The van der Waals surface area contributed by atoms with Crippen molar-refractivity contribution in [2.45, 2.75) is 6.42 Å². The number of amides is 2. The number of anilines is 3. The lowest BCUT2D eigenvalue weighted by atomic mass is 10.1. The molecule has 0 saturated carbocycles. The first-order valence-corrected chi connectivity index (χ1v) is 10.5. The summed E-state index contributed by atoms with van der Waals surface area (Å²) < 4.78 is 0. The molecular weight excluding hydrogens is 414 g/mol. The molecule has 0 unspecified atom stereocenters. The molecule has 3 N–H and O–H groups in total. The van der Waals surface area contributed by atoms with E-state index in [0.29, 0.717) is 11.5 Å². The highest BCUT2D eigenvalue weighted by atomic mass is 16.2. The first-order chi connectivity index (χ1) is 16.1. The van der Waals surface area contributed by atoms with Crippen LogP contribution in [0.3, 0.4) is 0 Å². The summed E-state index contributed by atoms with van der Waals surface area (Å²) in [7, 11) is 0. The van der Waals surface area contributed by atoms with Crippen LogP contribution in [0, 0.1) is 0 Å². The quantitative estimate of drug-likeness (QED) is 0.348. The fourth-order valence-corrected chi connectivity index (χ4v) is 3.34. The van der Waals surface area contributed by atoms with Crippen LogP contribution in [0.2, 0.25) is 0 Å². The Morgan fingerprint density at radius 1 is 0.879 bits per heavy atom. The van der Waals surface area contributed by atoms with Crippen LogP contribution in [0.15, 0.2) is 91.8 Å². The van der Waals surface area contributed by atoms with Crippen molar-refractivity contribution in [2.75, 3.05) is 17.2 Å². The van der Waals surface area contributed by atoms with Crippen LogP contribution < -0.4 is 16.0 Å². The van der Waals surface area contributed by atoms with Gasteiger partial charge < -0.3 is 16.0 Å². The molecule has 7 nitrogen and oxygen atoms in total. The van der Waals surface area contributed by atoms with Gasteiger partial charge in [-0.3, -0.25) is 9.59 Å². The van der Waals surface area contributed by atoms with Gasteiger partial charge in [0.2, 0.25) is 11.8 Å². The zero-order valence-corrected chi connectivity index (χ0v) is 17.9. The number of hydrogen-bond acceptors (Lipinski definition) is 5. The molecule has 2 amide bonds. The lowest BCUT2D eigenvalue weighted by molar-refractivity contribution is -0.117. The third-order valence-corrected chi connectivity index (χ3v) is 5.01. The summed E-state index contributed by atoms with van der Waals surface area (Å²) in [6.07, 6.45) is 2.83. The average molecular weight is 438 g/mol. The lowest BCUT2D eigenvalue weighted by Gasteiger charge is -2.11. The number of benzene rings is 3. The molecule has 4 aromatic rings. The van der Waals surface area contributed by atoms with E-state index in [1.807, 2.05) is 42.5 Å². The molecule has 0 aliphatic carbocycles. The maximum Gasteiger partial charge on any atom is 0.243 e. The second-order valence-corrected chi connectivity index (χ2v) is 7.32. The van der Waals surface area contributed by atoms with Crippen molar-refractivity contribution in [3.8, 4) is 11.1 Å². The van der Waals surface area contributed by atoms with Crippen molar-refractivity contribution in [1.82, 2.24) is 15.3 Å². The Kier molecular flexibility index (Phi) is 6.70. The van der Waals surface area contributed by atoms with Crippen LogP contribution in [0.5, 0.6) is 0 Å². The minimum absolute atomic E-state index is 0.155. The van der Waals surface area contributed by atoms with Gasteiger partial charge in [0, 0.05) is 29.7 Å². The fourth-order valence-electron chi connectivity index (χ4n) is 3.34. The van der Waals surface area contributed by atoms with Gasteiger partial charge >= 0.3 is 0 Å². The molecule has 0 aliphatic rings. The summed E-state index contributed by atoms with van der Waals surface area (Å²) in [4.78, 5) is 32.1. The van der Waals surface area contributed by atoms with Gasteiger partial charge in [-0.2, -0.15) is 0 Å². The van der Waals surface area contributed by atoms with E-state index in [1.165, 1.54) is 12.4 Å². The van der Waals surface area contributed by atoms with Crippen LogP contribution in [-0.4, -0.2) is 28.3 Å². The summed E-state index contributed by atoms with van der Waals surface area (Å²) in [5.74, 6) is 0.126. The van der Waals surface area contributed by atoms with Gasteiger partial charge in [0.1, 0.15) is 12.1 Å². The summed E-state index contributed by atoms with van der Waals surface area (Å²) in [6, 6.07) is 23.7. The number of nitrogens with zero attached hydrogens (tertiary/aromatic N) is 2. The number of carbonyl (C=O) groups excluding carboxylic acids is 2. The van der Waals surface area contributed by atoms with Crippen LogP contribution in [-0.2, 0) is 9.59 Å². The second kappa shape index (κ2) is 10.2. The molecular formula is C26H23N5O2. The van der Waals surface area contributed by atoms with Gasteiger partial charge in [-0.25, -0.2) is 9.97 Å². The Hall–Kier alpha value is -4.52. The second-order valence-electron chi connectivity index (χ2n) is 7.32. The smallest absolute Gasteiger partial charge is 0.243 e. The lowest BCUT2D eigenvalue weighted by Crippen LogP contribution is -2.25. The van der Waals surface area contributed by atoms with Gasteiger partial charge in [-0.1, -0.05) is 49.0 Å². The Morgan fingerprint density at radius 3 is 2.36 bits per heavy atom. The van der Waals surface area contributed by atoms with Gasteiger partial charge in [-0.05, 0) is 47.5 Å². The van der Waals surface area contributed by atoms with Crippen LogP contribution in [0.4, 0.5) is 17.2 Å². The Bertz CT molecular complexity index is 1290. The van der Waals surface area contributed by atoms with Crippen LogP contribution >= 0.6 is 0 Å². The Morgan fingerprint density at radius 2 is 1.61 bits per heavy atom. The number of fused-ring (bicyclic) bond motifs is 1. The van der Waals surface area contributed by atoms with Crippen LogP contribution in [0.1, 0.15) is 6.42 Å². The van der Waals surface area contributed by atoms with E-state index in [0.717, 1.165) is 27.7 Å². The Balaban J connectivity index is 1.48. The molecule has 1 heterocycles. The van der Waals surface area contributed by atoms with Crippen molar-refractivity contribution in [3.63, 3.8) is 0 Å². The van der Waals surface area contributed by atoms with Gasteiger partial charge in [-0.15, -0.1) is 0 Å². The molecule has 0 radical (unpaired) electrons. The van der Waals surface area contributed by atoms with E-state index in [2.05, 4.69) is 56.8 Å². The first-order valence-electron chi connectivity index (χ1n) is 10.5. The molecule has 0 atom stereocenters. The maximum atomic E-state index is 12.2. The molecule has 164 valence electrons. The number of aromatic nitrogens is 2. The molecule has 0 spiro atoms. The van der Waals surface area contributed by atoms with Crippen LogP contribution in [0.25, 0.3) is 22.0 Å². The number of nitrogens with one attached hydrogen (secondary N) is 3. The molecule has 0 aliphatic heterocycles. The minimum Gasteiger partial charge on any atom is -0.352 e. The van der Waals surface area contributed by atoms with E-state index < -0.39 is 0 Å². The molecule has 4 rings (SSSR count). The van der Waals surface area contributed by atoms with E-state index in [1.54, 1.807) is 6.07 Å². The molecule has 0 bridgehead atoms. The summed E-state index contributed by atoms with van der Waals surface area (Å²) >= 11 is 0. The molecule has 1 aromatic heterocycles. The topological polar surface area (TPSA) is 96.0 Å². The number of carbonyl (C=O) groups is 2. The minimum atomic E-state index is -0.307. The number of hydrogen-bond donors (Lipinski definition) is 3. The molecule has 0 saturated heterocycles. The summed E-state index contributed by atoms with van der Waals surface area (Å²) in [5.41, 5.74) is 4.55. The van der Waals surface area contributed by atoms with Gasteiger partial charge in [0.15, 0.2) is 0 Å². The number of rotatable bonds is 8. The van der Waals surface area contributed by atoms with E-state index in [4.69, 9.17) is 0 Å². The largest absolute Gasteiger partial charge is 0.352 e. The summed E-state index contributed by atoms with van der Waals surface area (Å²) in [5, 5.41) is 9.54. The molecule has 7 heteroatoms. The molecule has 3 aromatic carbocycles. The first kappa shape index (κ1) is 21.7.